The molecule has 90 valence electrons. The van der Waals surface area contributed by atoms with Crippen LogP contribution in [0.2, 0.25) is 0 Å². The number of hydrogen-bond donors (Lipinski definition) is 4. The average Bonchev–Trinajstić information content (AvgIpc) is 2.23. The summed E-state index contributed by atoms with van der Waals surface area (Å²) in [6.07, 6.45) is -1.19. The molecule has 0 aromatic heterocycles. The minimum Gasteiger partial charge on any atom is -0.395 e. The molecule has 0 radical (unpaired) electrons. The monoisotopic (exact) mass is 219 g/mol. The Morgan fingerprint density at radius 3 is 2.40 bits per heavy atom. The number of aliphatic hydroxyl groups excluding tert-OH is 4. The zero-order valence-electron chi connectivity index (χ0n) is 9.08. The molecule has 0 amide bonds. The van der Waals surface area contributed by atoms with Gasteiger partial charge in [0.05, 0.1) is 18.8 Å². The number of piperidine rings is 1. The van der Waals surface area contributed by atoms with Crippen molar-refractivity contribution in [3.63, 3.8) is 0 Å². The average molecular weight is 219 g/mol. The quantitative estimate of drug-likeness (QED) is 0.465. The van der Waals surface area contributed by atoms with Crippen molar-refractivity contribution in [1.82, 2.24) is 4.90 Å². The molecule has 1 aliphatic rings. The van der Waals surface area contributed by atoms with Gasteiger partial charge in [0.2, 0.25) is 0 Å². The number of nitrogens with zero attached hydrogens (tertiary/aromatic N) is 1. The molecule has 4 N–H and O–H groups in total. The van der Waals surface area contributed by atoms with Gasteiger partial charge in [0.25, 0.3) is 0 Å². The fourth-order valence-corrected chi connectivity index (χ4v) is 2.00. The summed E-state index contributed by atoms with van der Waals surface area (Å²) in [6.45, 7) is 2.89. The van der Waals surface area contributed by atoms with E-state index >= 15 is 0 Å². The van der Waals surface area contributed by atoms with E-state index in [1.807, 2.05) is 4.90 Å². The lowest BCUT2D eigenvalue weighted by atomic mass is 9.94. The largest absolute Gasteiger partial charge is 0.395 e. The van der Waals surface area contributed by atoms with E-state index < -0.39 is 24.4 Å². The van der Waals surface area contributed by atoms with E-state index in [0.29, 0.717) is 6.54 Å². The number of aliphatic hydroxyl groups is 4. The standard InChI is InChI=1S/C10H21NO4/c1-2-3-4-11-5-8(13)10(15)9(14)7(11)6-12/h7-10,12-15H,2-6H2,1H3/t7-,8+,9-,10+/m0/s1. The van der Waals surface area contributed by atoms with Gasteiger partial charge in [-0.2, -0.15) is 0 Å². The van der Waals surface area contributed by atoms with Crippen molar-refractivity contribution in [3.8, 4) is 0 Å². The van der Waals surface area contributed by atoms with Gasteiger partial charge in [-0.3, -0.25) is 4.90 Å². The summed E-state index contributed by atoms with van der Waals surface area (Å²) in [7, 11) is 0. The van der Waals surface area contributed by atoms with Gasteiger partial charge in [0.15, 0.2) is 0 Å². The van der Waals surface area contributed by atoms with Crippen LogP contribution in [-0.2, 0) is 0 Å². The summed E-state index contributed by atoms with van der Waals surface area (Å²) in [4.78, 5) is 1.84. The molecule has 5 heteroatoms. The van der Waals surface area contributed by atoms with Crippen molar-refractivity contribution < 1.29 is 20.4 Å². The maximum Gasteiger partial charge on any atom is 0.109 e. The molecule has 1 aliphatic heterocycles. The van der Waals surface area contributed by atoms with E-state index in [0.717, 1.165) is 19.4 Å². The van der Waals surface area contributed by atoms with Gasteiger partial charge in [0, 0.05) is 6.54 Å². The second-order valence-electron chi connectivity index (χ2n) is 4.15. The summed E-state index contributed by atoms with van der Waals surface area (Å²) in [5.41, 5.74) is 0. The van der Waals surface area contributed by atoms with E-state index in [1.165, 1.54) is 0 Å². The summed E-state index contributed by atoms with van der Waals surface area (Å²) in [5.74, 6) is 0. The van der Waals surface area contributed by atoms with E-state index in [2.05, 4.69) is 6.92 Å². The molecule has 1 rings (SSSR count). The Morgan fingerprint density at radius 1 is 1.20 bits per heavy atom. The lowest BCUT2D eigenvalue weighted by molar-refractivity contribution is -0.145. The molecule has 0 spiro atoms. The second kappa shape index (κ2) is 5.77. The maximum absolute atomic E-state index is 9.67. The number of unbranched alkanes of at least 4 members (excludes halogenated alkanes) is 1. The van der Waals surface area contributed by atoms with Crippen LogP contribution in [0.4, 0.5) is 0 Å². The van der Waals surface area contributed by atoms with Gasteiger partial charge in [-0.25, -0.2) is 0 Å². The zero-order chi connectivity index (χ0) is 11.4. The first-order valence-corrected chi connectivity index (χ1v) is 5.51. The van der Waals surface area contributed by atoms with Crippen molar-refractivity contribution in [2.75, 3.05) is 19.7 Å². The summed E-state index contributed by atoms with van der Waals surface area (Å²) < 4.78 is 0. The minimum atomic E-state index is -1.15. The van der Waals surface area contributed by atoms with Gasteiger partial charge in [-0.1, -0.05) is 13.3 Å². The van der Waals surface area contributed by atoms with Crippen molar-refractivity contribution >= 4 is 0 Å². The van der Waals surface area contributed by atoms with Crippen LogP contribution in [-0.4, -0.2) is 69.4 Å². The van der Waals surface area contributed by atoms with Crippen LogP contribution in [0, 0.1) is 0 Å². The first-order valence-electron chi connectivity index (χ1n) is 5.51. The van der Waals surface area contributed by atoms with Crippen molar-refractivity contribution in [2.24, 2.45) is 0 Å². The first-order chi connectivity index (χ1) is 7.11. The molecule has 0 bridgehead atoms. The Labute approximate surface area is 90.0 Å². The molecule has 0 unspecified atom stereocenters. The highest BCUT2D eigenvalue weighted by molar-refractivity contribution is 4.93. The van der Waals surface area contributed by atoms with E-state index in [4.69, 9.17) is 5.11 Å². The second-order valence-corrected chi connectivity index (χ2v) is 4.15. The number of likely N-dealkylation sites (tertiary alicyclic amines) is 1. The smallest absolute Gasteiger partial charge is 0.109 e. The van der Waals surface area contributed by atoms with Gasteiger partial charge in [-0.15, -0.1) is 0 Å². The predicted molar refractivity (Wildman–Crippen MR) is 55.4 cm³/mol. The molecule has 0 aliphatic carbocycles. The Morgan fingerprint density at radius 2 is 1.87 bits per heavy atom. The summed E-state index contributed by atoms with van der Waals surface area (Å²) in [6, 6.07) is -0.463. The van der Waals surface area contributed by atoms with Crippen LogP contribution in [0.3, 0.4) is 0 Å². The molecule has 1 heterocycles. The van der Waals surface area contributed by atoms with E-state index in [9.17, 15) is 15.3 Å². The maximum atomic E-state index is 9.67. The molecule has 4 atom stereocenters. The molecule has 1 saturated heterocycles. The molecule has 0 aromatic carbocycles. The van der Waals surface area contributed by atoms with Crippen molar-refractivity contribution in [2.45, 2.75) is 44.1 Å². The third-order valence-electron chi connectivity index (χ3n) is 3.01. The molecule has 5 nitrogen and oxygen atoms in total. The van der Waals surface area contributed by atoms with E-state index in [1.54, 1.807) is 0 Å². The molecule has 1 fully saturated rings. The highest BCUT2D eigenvalue weighted by Crippen LogP contribution is 2.19. The Bertz CT molecular complexity index is 190. The topological polar surface area (TPSA) is 84.2 Å². The number of rotatable bonds is 4. The van der Waals surface area contributed by atoms with Crippen molar-refractivity contribution in [3.05, 3.63) is 0 Å². The Hall–Kier alpha value is -0.200. The lowest BCUT2D eigenvalue weighted by Gasteiger charge is -2.43. The van der Waals surface area contributed by atoms with Crippen LogP contribution in [0.5, 0.6) is 0 Å². The van der Waals surface area contributed by atoms with E-state index in [-0.39, 0.29) is 6.61 Å². The van der Waals surface area contributed by atoms with Crippen LogP contribution in [0.15, 0.2) is 0 Å². The van der Waals surface area contributed by atoms with Gasteiger partial charge in [-0.05, 0) is 13.0 Å². The van der Waals surface area contributed by atoms with Gasteiger partial charge in [0.1, 0.15) is 12.2 Å². The third-order valence-corrected chi connectivity index (χ3v) is 3.01. The molecular weight excluding hydrogens is 198 g/mol. The zero-order valence-corrected chi connectivity index (χ0v) is 9.08. The Kier molecular flexibility index (Phi) is 4.95. The first kappa shape index (κ1) is 12.9. The SMILES string of the molecule is CCCCN1C[C@@H](O)[C@@H](O)[C@@H](O)[C@@H]1CO. The highest BCUT2D eigenvalue weighted by atomic mass is 16.4. The van der Waals surface area contributed by atoms with Crippen LogP contribution >= 0.6 is 0 Å². The van der Waals surface area contributed by atoms with Crippen LogP contribution in [0.1, 0.15) is 19.8 Å². The van der Waals surface area contributed by atoms with Gasteiger partial charge >= 0.3 is 0 Å². The Balaban J connectivity index is 2.60. The fraction of sp³-hybridized carbons (Fsp3) is 1.00. The normalized spacial score (nSPS) is 38.2. The summed E-state index contributed by atoms with van der Waals surface area (Å²) in [5, 5.41) is 37.8. The summed E-state index contributed by atoms with van der Waals surface area (Å²) >= 11 is 0. The lowest BCUT2D eigenvalue weighted by Crippen LogP contribution is -2.62. The fourth-order valence-electron chi connectivity index (χ4n) is 2.00. The molecule has 0 aromatic rings. The van der Waals surface area contributed by atoms with Gasteiger partial charge < -0.3 is 20.4 Å². The number of β-amino-alcohol motifs (C(OH)–C–C–N with tert-alkyl or cyclic N) is 1. The molecule has 0 saturated carbocycles. The highest BCUT2D eigenvalue weighted by Gasteiger charge is 2.40. The van der Waals surface area contributed by atoms with Crippen LogP contribution in [0.25, 0.3) is 0 Å². The molecule has 15 heavy (non-hydrogen) atoms. The minimum absolute atomic E-state index is 0.200. The van der Waals surface area contributed by atoms with Crippen molar-refractivity contribution in [1.29, 1.82) is 0 Å². The predicted octanol–water partition coefficient (Wildman–Crippen LogP) is -1.45. The molecular formula is C10H21NO4. The van der Waals surface area contributed by atoms with Crippen LogP contribution < -0.4 is 0 Å². The third kappa shape index (κ3) is 2.89. The number of hydrogen-bond acceptors (Lipinski definition) is 5.